The molecule has 0 bridgehead atoms. The number of fused-ring (bicyclic) bond motifs is 12. The molecule has 0 aliphatic carbocycles. The molecular formula is C71H43N3. The van der Waals surface area contributed by atoms with Gasteiger partial charge >= 0.3 is 0 Å². The molecule has 0 fully saturated rings. The van der Waals surface area contributed by atoms with Crippen molar-refractivity contribution in [1.29, 1.82) is 0 Å². The molecule has 0 N–H and O–H groups in total. The predicted octanol–water partition coefficient (Wildman–Crippen LogP) is 19.1. The number of hydrogen-bond acceptors (Lipinski definition) is 3. The molecule has 0 amide bonds. The summed E-state index contributed by atoms with van der Waals surface area (Å²) in [6.07, 6.45) is 0. The van der Waals surface area contributed by atoms with E-state index in [0.717, 1.165) is 88.5 Å². The third-order valence-electron chi connectivity index (χ3n) is 15.2. The summed E-state index contributed by atoms with van der Waals surface area (Å²) in [6.45, 7) is 0. The minimum Gasteiger partial charge on any atom is -0.247 e. The number of hydrogen-bond donors (Lipinski definition) is 0. The third-order valence-corrected chi connectivity index (χ3v) is 15.2. The van der Waals surface area contributed by atoms with Gasteiger partial charge in [0.15, 0.2) is 5.82 Å². The Morgan fingerprint density at radius 1 is 0.216 bits per heavy atom. The molecule has 0 saturated carbocycles. The second-order valence-corrected chi connectivity index (χ2v) is 19.4. The Kier molecular flexibility index (Phi) is 9.57. The summed E-state index contributed by atoms with van der Waals surface area (Å²) in [7, 11) is 0. The van der Waals surface area contributed by atoms with Crippen LogP contribution in [0.3, 0.4) is 0 Å². The normalized spacial score (nSPS) is 11.8. The Morgan fingerprint density at radius 2 is 0.716 bits per heavy atom. The zero-order valence-corrected chi connectivity index (χ0v) is 40.2. The molecule has 0 aliphatic rings. The van der Waals surface area contributed by atoms with Gasteiger partial charge in [-0.05, 0) is 135 Å². The van der Waals surface area contributed by atoms with Crippen LogP contribution in [0.15, 0.2) is 261 Å². The maximum Gasteiger partial charge on any atom is 0.161 e. The second-order valence-electron chi connectivity index (χ2n) is 19.4. The van der Waals surface area contributed by atoms with Crippen LogP contribution in [0, 0.1) is 0 Å². The van der Waals surface area contributed by atoms with Crippen molar-refractivity contribution >= 4 is 86.3 Å². The van der Waals surface area contributed by atoms with E-state index in [2.05, 4.69) is 261 Å². The maximum absolute atomic E-state index is 5.53. The summed E-state index contributed by atoms with van der Waals surface area (Å²) >= 11 is 0. The van der Waals surface area contributed by atoms with Gasteiger partial charge in [0.2, 0.25) is 0 Å². The van der Waals surface area contributed by atoms with Crippen molar-refractivity contribution in [1.82, 2.24) is 15.0 Å². The second kappa shape index (κ2) is 16.9. The third kappa shape index (κ3) is 6.86. The highest BCUT2D eigenvalue weighted by atomic mass is 14.9. The molecule has 0 atom stereocenters. The van der Waals surface area contributed by atoms with Crippen LogP contribution < -0.4 is 0 Å². The molecule has 0 radical (unpaired) electrons. The van der Waals surface area contributed by atoms with E-state index >= 15 is 0 Å². The minimum absolute atomic E-state index is 0.692. The lowest BCUT2D eigenvalue weighted by Gasteiger charge is -2.17. The lowest BCUT2D eigenvalue weighted by Crippen LogP contribution is -1.98. The van der Waals surface area contributed by atoms with Gasteiger partial charge in [-0.3, -0.25) is 0 Å². The van der Waals surface area contributed by atoms with E-state index in [4.69, 9.17) is 15.0 Å². The fourth-order valence-corrected chi connectivity index (χ4v) is 11.7. The van der Waals surface area contributed by atoms with Crippen LogP contribution in [0.1, 0.15) is 0 Å². The standard InChI is InChI=1S/C71H43N3/c1-2-18-45-39-52(36-35-44(45)17-1)70-65-42-62(59-31-11-12-32-60(59)69(65)61-33-13-14-34-66(61)72-70)48-23-15-21-46(37-48)47-22-16-24-51(38-47)67-43-68(63-40-49-19-3-5-25-53(49)55-27-7-9-29-57(55)63)74-71(73-67)64-41-50-20-4-6-26-54(50)56-28-8-10-30-58(56)64/h1-43H. The minimum atomic E-state index is 0.692. The number of nitrogens with zero attached hydrogens (tertiary/aromatic N) is 3. The van der Waals surface area contributed by atoms with Gasteiger partial charge in [0.05, 0.1) is 22.6 Å². The summed E-state index contributed by atoms with van der Waals surface area (Å²) in [5.41, 5.74) is 12.4. The lowest BCUT2D eigenvalue weighted by molar-refractivity contribution is 1.19. The van der Waals surface area contributed by atoms with E-state index in [0.29, 0.717) is 5.82 Å². The van der Waals surface area contributed by atoms with Gasteiger partial charge in [-0.2, -0.15) is 0 Å². The molecule has 0 saturated heterocycles. The van der Waals surface area contributed by atoms with Crippen molar-refractivity contribution in [2.75, 3.05) is 0 Å². The van der Waals surface area contributed by atoms with E-state index in [1.54, 1.807) is 0 Å². The summed E-state index contributed by atoms with van der Waals surface area (Å²) in [5, 5.41) is 17.8. The molecule has 342 valence electrons. The fourth-order valence-electron chi connectivity index (χ4n) is 11.7. The number of pyridine rings is 1. The van der Waals surface area contributed by atoms with Gasteiger partial charge in [0.25, 0.3) is 0 Å². The van der Waals surface area contributed by atoms with Crippen LogP contribution in [0.5, 0.6) is 0 Å². The van der Waals surface area contributed by atoms with Gasteiger partial charge in [-0.25, -0.2) is 15.0 Å². The summed E-state index contributed by atoms with van der Waals surface area (Å²) in [4.78, 5) is 16.5. The number of rotatable bonds is 6. The number of aromatic nitrogens is 3. The van der Waals surface area contributed by atoms with Gasteiger partial charge in [0, 0.05) is 38.4 Å². The van der Waals surface area contributed by atoms with Crippen LogP contribution >= 0.6 is 0 Å². The van der Waals surface area contributed by atoms with E-state index in [1.807, 2.05) is 0 Å². The van der Waals surface area contributed by atoms with Crippen molar-refractivity contribution in [3.63, 3.8) is 0 Å². The van der Waals surface area contributed by atoms with E-state index < -0.39 is 0 Å². The molecule has 3 heteroatoms. The Labute approximate surface area is 427 Å². The Morgan fingerprint density at radius 3 is 1.42 bits per heavy atom. The average molecular weight is 938 g/mol. The van der Waals surface area contributed by atoms with Crippen molar-refractivity contribution in [3.8, 4) is 67.4 Å². The molecule has 13 aromatic carbocycles. The monoisotopic (exact) mass is 937 g/mol. The Bertz CT molecular complexity index is 4660. The first-order chi connectivity index (χ1) is 36.7. The summed E-state index contributed by atoms with van der Waals surface area (Å²) < 4.78 is 0. The quantitative estimate of drug-likeness (QED) is 0.156. The van der Waals surface area contributed by atoms with Gasteiger partial charge in [-0.1, -0.05) is 212 Å². The van der Waals surface area contributed by atoms with Crippen LogP contribution in [-0.4, -0.2) is 15.0 Å². The van der Waals surface area contributed by atoms with Crippen LogP contribution in [0.2, 0.25) is 0 Å². The molecule has 15 aromatic rings. The zero-order chi connectivity index (χ0) is 48.7. The number of para-hydroxylation sites is 1. The van der Waals surface area contributed by atoms with E-state index in [9.17, 15) is 0 Å². The number of benzene rings is 13. The average Bonchev–Trinajstić information content (AvgIpc) is 3.48. The first-order valence-electron chi connectivity index (χ1n) is 25.3. The van der Waals surface area contributed by atoms with Crippen molar-refractivity contribution in [2.24, 2.45) is 0 Å². The summed E-state index contributed by atoms with van der Waals surface area (Å²) in [5.74, 6) is 0.692. The SMILES string of the molecule is c1cc(-c2cccc(-c3cc4c(-c5ccc6ccccc6c5)nc5ccccc5c4c4ccccc34)c2)cc(-c2cc(-c3cc4ccccc4c4ccccc34)nc(-c3cc4ccccc4c4ccccc34)n2)c1. The lowest BCUT2D eigenvalue weighted by atomic mass is 9.88. The Hall–Kier alpha value is -9.83. The smallest absolute Gasteiger partial charge is 0.161 e. The molecular weight excluding hydrogens is 895 g/mol. The van der Waals surface area contributed by atoms with E-state index in [1.165, 1.54) is 59.4 Å². The molecule has 0 aliphatic heterocycles. The highest BCUT2D eigenvalue weighted by Gasteiger charge is 2.20. The van der Waals surface area contributed by atoms with Crippen molar-refractivity contribution in [2.45, 2.75) is 0 Å². The van der Waals surface area contributed by atoms with Gasteiger partial charge in [0.1, 0.15) is 0 Å². The highest BCUT2D eigenvalue weighted by molar-refractivity contribution is 6.25. The first kappa shape index (κ1) is 41.9. The molecule has 74 heavy (non-hydrogen) atoms. The fraction of sp³-hybridized carbons (Fsp3) is 0. The van der Waals surface area contributed by atoms with Crippen LogP contribution in [0.25, 0.3) is 154 Å². The molecule has 15 rings (SSSR count). The maximum atomic E-state index is 5.53. The van der Waals surface area contributed by atoms with Crippen LogP contribution in [0.4, 0.5) is 0 Å². The van der Waals surface area contributed by atoms with E-state index in [-0.39, 0.29) is 0 Å². The Balaban J connectivity index is 0.915. The topological polar surface area (TPSA) is 38.7 Å². The molecule has 3 nitrogen and oxygen atoms in total. The predicted molar refractivity (Wildman–Crippen MR) is 312 cm³/mol. The molecule has 0 unspecified atom stereocenters. The molecule has 2 aromatic heterocycles. The van der Waals surface area contributed by atoms with Gasteiger partial charge in [-0.15, -0.1) is 0 Å². The highest BCUT2D eigenvalue weighted by Crippen LogP contribution is 2.44. The van der Waals surface area contributed by atoms with Crippen LogP contribution in [-0.2, 0) is 0 Å². The van der Waals surface area contributed by atoms with Crippen molar-refractivity contribution in [3.05, 3.63) is 261 Å². The molecule has 0 spiro atoms. The molecule has 2 heterocycles. The van der Waals surface area contributed by atoms with Crippen molar-refractivity contribution < 1.29 is 0 Å². The van der Waals surface area contributed by atoms with Gasteiger partial charge < -0.3 is 0 Å². The first-order valence-corrected chi connectivity index (χ1v) is 25.3. The largest absolute Gasteiger partial charge is 0.247 e. The zero-order valence-electron chi connectivity index (χ0n) is 40.2. The summed E-state index contributed by atoms with van der Waals surface area (Å²) in [6, 6.07) is 94.3.